The van der Waals surface area contributed by atoms with Crippen LogP contribution in [-0.2, 0) is 20.4 Å². The maximum atomic E-state index is 12.4. The minimum atomic E-state index is -3.64. The van der Waals surface area contributed by atoms with Crippen LogP contribution < -0.4 is 5.32 Å². The molecule has 1 amide bonds. The first kappa shape index (κ1) is 17.7. The second-order valence-electron chi connectivity index (χ2n) is 6.31. The summed E-state index contributed by atoms with van der Waals surface area (Å²) in [5.41, 5.74) is -0.0645. The summed E-state index contributed by atoms with van der Waals surface area (Å²) in [5.74, 6) is -0.181. The average Bonchev–Trinajstić information content (AvgIpc) is 3.05. The van der Waals surface area contributed by atoms with Crippen molar-refractivity contribution in [1.29, 1.82) is 0 Å². The van der Waals surface area contributed by atoms with Crippen molar-refractivity contribution >= 4 is 27.1 Å². The zero-order valence-corrected chi connectivity index (χ0v) is 15.1. The Hall–Kier alpha value is -1.67. The highest BCUT2D eigenvalue weighted by Gasteiger charge is 2.31. The van der Waals surface area contributed by atoms with E-state index in [2.05, 4.69) is 10.3 Å². The van der Waals surface area contributed by atoms with Gasteiger partial charge in [-0.15, -0.1) is 11.3 Å². The molecule has 0 saturated carbocycles. The number of nitrogens with one attached hydrogen (secondary N) is 1. The van der Waals surface area contributed by atoms with Gasteiger partial charge in [0.15, 0.2) is 20.6 Å². The van der Waals surface area contributed by atoms with Gasteiger partial charge in [-0.1, -0.05) is 0 Å². The summed E-state index contributed by atoms with van der Waals surface area (Å²) in [5, 5.41) is 3.85. The molecule has 0 fully saturated rings. The molecule has 0 aromatic carbocycles. The normalized spacial score (nSPS) is 13.7. The smallest absolute Gasteiger partial charge is 0.238 e. The minimum absolute atomic E-state index is 0.275. The van der Waals surface area contributed by atoms with Gasteiger partial charge in [-0.05, 0) is 39.8 Å². The fraction of sp³-hybridized carbons (Fsp3) is 0.467. The molecule has 2 rings (SSSR count). The highest BCUT2D eigenvalue weighted by atomic mass is 32.2. The Morgan fingerprint density at radius 3 is 2.70 bits per heavy atom. The van der Waals surface area contributed by atoms with Crippen LogP contribution in [0.5, 0.6) is 0 Å². The van der Waals surface area contributed by atoms with Gasteiger partial charge in [-0.25, -0.2) is 13.4 Å². The number of sulfone groups is 1. The predicted octanol–water partition coefficient (Wildman–Crippen LogP) is 2.62. The molecular formula is C15H20N2O4S2. The van der Waals surface area contributed by atoms with Gasteiger partial charge in [0.1, 0.15) is 5.25 Å². The van der Waals surface area contributed by atoms with Crippen molar-refractivity contribution in [2.75, 3.05) is 0 Å². The average molecular weight is 356 g/mol. The van der Waals surface area contributed by atoms with Crippen LogP contribution >= 0.6 is 11.3 Å². The number of furan rings is 1. The summed E-state index contributed by atoms with van der Waals surface area (Å²) < 4.78 is 30.0. The molecule has 1 unspecified atom stereocenters. The summed E-state index contributed by atoms with van der Waals surface area (Å²) in [4.78, 5) is 16.3. The predicted molar refractivity (Wildman–Crippen MR) is 89.8 cm³/mol. The topological polar surface area (TPSA) is 89.3 Å². The SMILES string of the molecule is CC(C(=O)NC(C)(C)C)S(=O)(=O)Cc1csc(-c2ccco2)n1. The molecule has 1 N–H and O–H groups in total. The fourth-order valence-electron chi connectivity index (χ4n) is 1.85. The molecule has 126 valence electrons. The number of hydrogen-bond donors (Lipinski definition) is 1. The zero-order valence-electron chi connectivity index (χ0n) is 13.5. The van der Waals surface area contributed by atoms with Gasteiger partial charge < -0.3 is 9.73 Å². The lowest BCUT2D eigenvalue weighted by Gasteiger charge is -2.23. The van der Waals surface area contributed by atoms with Crippen LogP contribution in [0.4, 0.5) is 0 Å². The van der Waals surface area contributed by atoms with E-state index in [1.807, 2.05) is 0 Å². The fourth-order valence-corrected chi connectivity index (χ4v) is 3.94. The first-order valence-corrected chi connectivity index (χ1v) is 9.70. The molecule has 0 radical (unpaired) electrons. The maximum absolute atomic E-state index is 12.4. The first-order valence-electron chi connectivity index (χ1n) is 7.10. The molecule has 0 aliphatic rings. The summed E-state index contributed by atoms with van der Waals surface area (Å²) in [6.45, 7) is 6.82. The van der Waals surface area contributed by atoms with Gasteiger partial charge in [0.25, 0.3) is 0 Å². The molecule has 23 heavy (non-hydrogen) atoms. The van der Waals surface area contributed by atoms with Crippen molar-refractivity contribution < 1.29 is 17.6 Å². The lowest BCUT2D eigenvalue weighted by Crippen LogP contribution is -2.47. The monoisotopic (exact) mass is 356 g/mol. The van der Waals surface area contributed by atoms with Crippen molar-refractivity contribution in [2.24, 2.45) is 0 Å². The van der Waals surface area contributed by atoms with Crippen LogP contribution in [0.1, 0.15) is 33.4 Å². The molecule has 2 heterocycles. The van der Waals surface area contributed by atoms with E-state index < -0.39 is 26.5 Å². The largest absolute Gasteiger partial charge is 0.462 e. The van der Waals surface area contributed by atoms with E-state index in [1.54, 1.807) is 38.3 Å². The van der Waals surface area contributed by atoms with Gasteiger partial charge in [0.05, 0.1) is 17.7 Å². The number of thiazole rings is 1. The number of amides is 1. The van der Waals surface area contributed by atoms with E-state index in [9.17, 15) is 13.2 Å². The molecule has 0 aliphatic carbocycles. The Morgan fingerprint density at radius 1 is 1.43 bits per heavy atom. The Kier molecular flexibility index (Phi) is 4.95. The number of hydrogen-bond acceptors (Lipinski definition) is 6. The minimum Gasteiger partial charge on any atom is -0.462 e. The Labute approximate surface area is 139 Å². The van der Waals surface area contributed by atoms with E-state index in [1.165, 1.54) is 24.5 Å². The zero-order chi connectivity index (χ0) is 17.3. The lowest BCUT2D eigenvalue weighted by atomic mass is 10.1. The van der Waals surface area contributed by atoms with E-state index in [0.717, 1.165) is 0 Å². The van der Waals surface area contributed by atoms with E-state index in [4.69, 9.17) is 4.42 Å². The standard InChI is InChI=1S/C15H20N2O4S2/c1-10(13(18)17-15(2,3)4)23(19,20)9-11-8-22-14(16-11)12-6-5-7-21-12/h5-8,10H,9H2,1-4H3,(H,17,18). The second kappa shape index (κ2) is 6.45. The summed E-state index contributed by atoms with van der Waals surface area (Å²) in [7, 11) is -3.64. The molecule has 0 saturated heterocycles. The third-order valence-corrected chi connectivity index (χ3v) is 5.93. The van der Waals surface area contributed by atoms with Crippen molar-refractivity contribution in [3.63, 3.8) is 0 Å². The third kappa shape index (κ3) is 4.65. The number of aromatic nitrogens is 1. The van der Waals surface area contributed by atoms with E-state index >= 15 is 0 Å². The van der Waals surface area contributed by atoms with Gasteiger partial charge in [-0.3, -0.25) is 4.79 Å². The Bertz CT molecular complexity index is 771. The van der Waals surface area contributed by atoms with E-state index in [-0.39, 0.29) is 5.75 Å². The van der Waals surface area contributed by atoms with Crippen LogP contribution in [0, 0.1) is 0 Å². The Morgan fingerprint density at radius 2 is 2.13 bits per heavy atom. The number of carbonyl (C=O) groups is 1. The van der Waals surface area contributed by atoms with Crippen molar-refractivity contribution in [3.05, 3.63) is 29.5 Å². The van der Waals surface area contributed by atoms with Crippen LogP contribution in [0.3, 0.4) is 0 Å². The molecule has 1 atom stereocenters. The second-order valence-corrected chi connectivity index (χ2v) is 9.49. The van der Waals surface area contributed by atoms with Gasteiger partial charge in [0, 0.05) is 10.9 Å². The molecule has 6 nitrogen and oxygen atoms in total. The lowest BCUT2D eigenvalue weighted by molar-refractivity contribution is -0.121. The summed E-state index contributed by atoms with van der Waals surface area (Å²) in [6.07, 6.45) is 1.53. The molecule has 2 aromatic rings. The van der Waals surface area contributed by atoms with Crippen molar-refractivity contribution in [2.45, 2.75) is 44.2 Å². The summed E-state index contributed by atoms with van der Waals surface area (Å²) >= 11 is 1.31. The van der Waals surface area contributed by atoms with Crippen LogP contribution in [0.15, 0.2) is 28.2 Å². The van der Waals surface area contributed by atoms with Gasteiger partial charge in [0.2, 0.25) is 5.91 Å². The third-order valence-electron chi connectivity index (χ3n) is 3.04. The quantitative estimate of drug-likeness (QED) is 0.889. The van der Waals surface area contributed by atoms with Gasteiger partial charge in [-0.2, -0.15) is 0 Å². The van der Waals surface area contributed by atoms with Crippen molar-refractivity contribution in [3.8, 4) is 10.8 Å². The molecule has 0 aliphatic heterocycles. The highest BCUT2D eigenvalue weighted by molar-refractivity contribution is 7.92. The number of nitrogens with zero attached hydrogens (tertiary/aromatic N) is 1. The van der Waals surface area contributed by atoms with Crippen LogP contribution in [0.25, 0.3) is 10.8 Å². The van der Waals surface area contributed by atoms with Crippen LogP contribution in [0.2, 0.25) is 0 Å². The number of carbonyl (C=O) groups excluding carboxylic acids is 1. The molecular weight excluding hydrogens is 336 g/mol. The first-order chi connectivity index (χ1) is 10.6. The maximum Gasteiger partial charge on any atom is 0.238 e. The van der Waals surface area contributed by atoms with Crippen LogP contribution in [-0.4, -0.2) is 30.1 Å². The molecule has 0 bridgehead atoms. The Balaban J connectivity index is 2.10. The number of rotatable bonds is 5. The van der Waals surface area contributed by atoms with Gasteiger partial charge >= 0.3 is 0 Å². The molecule has 0 spiro atoms. The highest BCUT2D eigenvalue weighted by Crippen LogP contribution is 2.25. The summed E-state index contributed by atoms with van der Waals surface area (Å²) in [6, 6.07) is 3.50. The molecule has 2 aromatic heterocycles. The van der Waals surface area contributed by atoms with E-state index in [0.29, 0.717) is 16.5 Å². The molecule has 8 heteroatoms. The van der Waals surface area contributed by atoms with Crippen molar-refractivity contribution in [1.82, 2.24) is 10.3 Å².